The summed E-state index contributed by atoms with van der Waals surface area (Å²) in [5.74, 6) is 0. The SMILES string of the molecule is O=[N+]([O-])c1cccc2cc(S(=O)(=O)O)ccc12.[MgH2]. The van der Waals surface area contributed by atoms with E-state index in [9.17, 15) is 18.5 Å². The Morgan fingerprint density at radius 2 is 1.83 bits per heavy atom. The van der Waals surface area contributed by atoms with Crippen LogP contribution in [0.2, 0.25) is 0 Å². The number of nitro groups is 1. The van der Waals surface area contributed by atoms with E-state index in [-0.39, 0.29) is 33.6 Å². The fourth-order valence-electron chi connectivity index (χ4n) is 1.56. The lowest BCUT2D eigenvalue weighted by Crippen LogP contribution is -1.98. The highest BCUT2D eigenvalue weighted by Gasteiger charge is 2.14. The van der Waals surface area contributed by atoms with Crippen molar-refractivity contribution in [1.82, 2.24) is 0 Å². The Balaban J connectivity index is 0.00000162. The van der Waals surface area contributed by atoms with Crippen LogP contribution < -0.4 is 0 Å². The monoisotopic (exact) mass is 279 g/mol. The van der Waals surface area contributed by atoms with Crippen molar-refractivity contribution in [3.8, 4) is 0 Å². The molecule has 0 aromatic heterocycles. The summed E-state index contributed by atoms with van der Waals surface area (Å²) >= 11 is 0. The van der Waals surface area contributed by atoms with Gasteiger partial charge >= 0.3 is 23.1 Å². The first kappa shape index (κ1) is 14.8. The largest absolute Gasteiger partial charge is 0.316 e. The van der Waals surface area contributed by atoms with Crippen molar-refractivity contribution in [2.24, 2.45) is 0 Å². The van der Waals surface area contributed by atoms with Crippen molar-refractivity contribution >= 4 is 49.6 Å². The van der Waals surface area contributed by atoms with Gasteiger partial charge in [0.1, 0.15) is 0 Å². The van der Waals surface area contributed by atoms with Crippen molar-refractivity contribution in [3.05, 3.63) is 46.5 Å². The lowest BCUT2D eigenvalue weighted by Gasteiger charge is -2.01. The zero-order valence-corrected chi connectivity index (χ0v) is 9.22. The first-order valence-corrected chi connectivity index (χ1v) is 5.98. The van der Waals surface area contributed by atoms with Gasteiger partial charge in [0.05, 0.1) is 15.2 Å². The van der Waals surface area contributed by atoms with Gasteiger partial charge in [0.15, 0.2) is 0 Å². The van der Waals surface area contributed by atoms with Crippen LogP contribution in [-0.4, -0.2) is 40.9 Å². The van der Waals surface area contributed by atoms with Crippen LogP contribution in [0.4, 0.5) is 5.69 Å². The Bertz CT molecular complexity index is 713. The highest BCUT2D eigenvalue weighted by atomic mass is 32.2. The normalized spacial score (nSPS) is 10.9. The van der Waals surface area contributed by atoms with Gasteiger partial charge in [-0.2, -0.15) is 8.42 Å². The van der Waals surface area contributed by atoms with Crippen molar-refractivity contribution in [1.29, 1.82) is 0 Å². The molecule has 0 bridgehead atoms. The van der Waals surface area contributed by atoms with E-state index in [2.05, 4.69) is 0 Å². The van der Waals surface area contributed by atoms with Crippen LogP contribution in [-0.2, 0) is 10.1 Å². The maximum atomic E-state index is 10.9. The molecule has 2 aromatic carbocycles. The Morgan fingerprint density at radius 3 is 2.39 bits per heavy atom. The van der Waals surface area contributed by atoms with Crippen molar-refractivity contribution in [2.45, 2.75) is 4.90 Å². The van der Waals surface area contributed by atoms with E-state index >= 15 is 0 Å². The molecule has 92 valence electrons. The summed E-state index contributed by atoms with van der Waals surface area (Å²) in [6.45, 7) is 0. The summed E-state index contributed by atoms with van der Waals surface area (Å²) in [6, 6.07) is 7.94. The van der Waals surface area contributed by atoms with E-state index in [1.165, 1.54) is 30.3 Å². The molecule has 0 amide bonds. The number of non-ortho nitro benzene ring substituents is 1. The lowest BCUT2D eigenvalue weighted by atomic mass is 10.1. The van der Waals surface area contributed by atoms with Crippen LogP contribution >= 0.6 is 0 Å². The molecule has 0 atom stereocenters. The minimum Gasteiger partial charge on any atom is -0.282 e. The number of benzene rings is 2. The van der Waals surface area contributed by atoms with Crippen molar-refractivity contribution in [2.75, 3.05) is 0 Å². The molecule has 0 radical (unpaired) electrons. The third-order valence-corrected chi connectivity index (χ3v) is 3.17. The van der Waals surface area contributed by atoms with Crippen LogP contribution in [0.5, 0.6) is 0 Å². The van der Waals surface area contributed by atoms with Crippen LogP contribution in [0.25, 0.3) is 10.8 Å². The highest BCUT2D eigenvalue weighted by molar-refractivity contribution is 7.85. The van der Waals surface area contributed by atoms with E-state index in [1.54, 1.807) is 0 Å². The van der Waals surface area contributed by atoms with Gasteiger partial charge in [-0.05, 0) is 23.6 Å². The van der Waals surface area contributed by atoms with E-state index in [4.69, 9.17) is 4.55 Å². The maximum absolute atomic E-state index is 10.9. The lowest BCUT2D eigenvalue weighted by molar-refractivity contribution is -0.383. The van der Waals surface area contributed by atoms with Gasteiger partial charge in [0, 0.05) is 6.07 Å². The van der Waals surface area contributed by atoms with Crippen molar-refractivity contribution < 1.29 is 17.9 Å². The molecule has 8 heteroatoms. The Labute approximate surface area is 119 Å². The highest BCUT2D eigenvalue weighted by Crippen LogP contribution is 2.27. The summed E-state index contributed by atoms with van der Waals surface area (Å²) in [6.07, 6.45) is 0. The predicted octanol–water partition coefficient (Wildman–Crippen LogP) is 1.08. The summed E-state index contributed by atoms with van der Waals surface area (Å²) in [5, 5.41) is 11.4. The fourth-order valence-corrected chi connectivity index (χ4v) is 2.08. The van der Waals surface area contributed by atoms with Crippen LogP contribution in [0.1, 0.15) is 0 Å². The van der Waals surface area contributed by atoms with Gasteiger partial charge in [-0.25, -0.2) is 0 Å². The Hall–Kier alpha value is -1.22. The van der Waals surface area contributed by atoms with Crippen LogP contribution in [0.15, 0.2) is 41.3 Å². The molecule has 0 heterocycles. The summed E-state index contributed by atoms with van der Waals surface area (Å²) in [7, 11) is -4.30. The standard InChI is InChI=1S/C10H7NO5S.Mg.2H/c12-11(13)10-3-1-2-7-6-8(17(14,15)16)4-5-9(7)10;;;/h1-6H,(H,14,15,16);;;. The zero-order chi connectivity index (χ0) is 12.6. The number of nitrogens with zero attached hydrogens (tertiary/aromatic N) is 1. The second-order valence-corrected chi connectivity index (χ2v) is 4.81. The quantitative estimate of drug-likeness (QED) is 0.384. The summed E-state index contributed by atoms with van der Waals surface area (Å²) in [4.78, 5) is 9.90. The average Bonchev–Trinajstić information content (AvgIpc) is 2.26. The Morgan fingerprint density at radius 1 is 1.17 bits per heavy atom. The van der Waals surface area contributed by atoms with Gasteiger partial charge < -0.3 is 0 Å². The van der Waals surface area contributed by atoms with Crippen LogP contribution in [0.3, 0.4) is 0 Å². The number of nitro benzene ring substituents is 1. The first-order valence-electron chi connectivity index (χ1n) is 4.54. The molecule has 0 saturated carbocycles. The van der Waals surface area contributed by atoms with E-state index < -0.39 is 15.0 Å². The molecular weight excluding hydrogens is 270 g/mol. The molecule has 18 heavy (non-hydrogen) atoms. The zero-order valence-electron chi connectivity index (χ0n) is 8.40. The van der Waals surface area contributed by atoms with Crippen molar-refractivity contribution in [3.63, 3.8) is 0 Å². The number of fused-ring (bicyclic) bond motifs is 1. The molecular formula is C10H9MgNO5S. The molecule has 6 nitrogen and oxygen atoms in total. The summed E-state index contributed by atoms with van der Waals surface area (Å²) in [5.41, 5.74) is -0.107. The van der Waals surface area contributed by atoms with E-state index in [0.717, 1.165) is 6.07 Å². The maximum Gasteiger partial charge on any atom is 0.316 e. The molecule has 2 aromatic rings. The minimum absolute atomic E-state index is 0. The number of rotatable bonds is 2. The third kappa shape index (κ3) is 2.78. The molecule has 0 spiro atoms. The van der Waals surface area contributed by atoms with Gasteiger partial charge in [-0.15, -0.1) is 0 Å². The van der Waals surface area contributed by atoms with Gasteiger partial charge in [-0.3, -0.25) is 14.7 Å². The molecule has 0 saturated heterocycles. The topological polar surface area (TPSA) is 97.5 Å². The second kappa shape index (κ2) is 5.18. The molecule has 1 N–H and O–H groups in total. The van der Waals surface area contributed by atoms with E-state index in [1.807, 2.05) is 0 Å². The summed E-state index contributed by atoms with van der Waals surface area (Å²) < 4.78 is 30.7. The van der Waals surface area contributed by atoms with E-state index in [0.29, 0.717) is 10.8 Å². The molecule has 0 aliphatic carbocycles. The smallest absolute Gasteiger partial charge is 0.282 e. The Kier molecular flexibility index (Phi) is 4.27. The molecule has 0 aliphatic heterocycles. The van der Waals surface area contributed by atoms with Gasteiger partial charge in [-0.1, -0.05) is 12.1 Å². The average molecular weight is 280 g/mol. The van der Waals surface area contributed by atoms with Crippen LogP contribution in [0, 0.1) is 10.1 Å². The molecule has 2 rings (SSSR count). The number of hydrogen-bond donors (Lipinski definition) is 1. The predicted molar refractivity (Wildman–Crippen MR) is 69.0 cm³/mol. The minimum atomic E-state index is -4.30. The second-order valence-electron chi connectivity index (χ2n) is 3.39. The first-order chi connectivity index (χ1) is 7.89. The molecule has 0 aliphatic rings. The fraction of sp³-hybridized carbons (Fsp3) is 0. The molecule has 0 unspecified atom stereocenters. The van der Waals surface area contributed by atoms with Gasteiger partial charge in [0.25, 0.3) is 15.8 Å². The third-order valence-electron chi connectivity index (χ3n) is 2.32. The van der Waals surface area contributed by atoms with Gasteiger partial charge in [0.2, 0.25) is 0 Å². The number of hydrogen-bond acceptors (Lipinski definition) is 4. The molecule has 0 fully saturated rings.